The number of nitrogens with one attached hydrogen (secondary N) is 1. The maximum Gasteiger partial charge on any atom is 0.263 e. The Hall–Kier alpha value is -1.28. The van der Waals surface area contributed by atoms with Gasteiger partial charge >= 0.3 is 0 Å². The standard InChI is InChI=1S/C13H14ClNO4S2/c1-8-13(6-10(7-16)20-8)21(17,18)15-12-5-9(19-2)3-4-11(12)14/h3-6,15-16H,7H2,1-2H3. The van der Waals surface area contributed by atoms with Crippen molar-refractivity contribution in [2.24, 2.45) is 0 Å². The summed E-state index contributed by atoms with van der Waals surface area (Å²) in [5.41, 5.74) is 0.243. The number of aliphatic hydroxyl groups excluding tert-OH is 1. The average Bonchev–Trinajstić information content (AvgIpc) is 2.83. The molecular formula is C13H14ClNO4S2. The summed E-state index contributed by atoms with van der Waals surface area (Å²) in [4.78, 5) is 1.32. The fraction of sp³-hybridized carbons (Fsp3) is 0.231. The van der Waals surface area contributed by atoms with Gasteiger partial charge in [0, 0.05) is 15.8 Å². The third-order valence-corrected chi connectivity index (χ3v) is 5.77. The predicted octanol–water partition coefficient (Wildman–Crippen LogP) is 3.01. The Bertz CT molecular complexity index is 756. The first kappa shape index (κ1) is 16.1. The lowest BCUT2D eigenvalue weighted by atomic mass is 10.3. The summed E-state index contributed by atoms with van der Waals surface area (Å²) in [6.45, 7) is 1.49. The van der Waals surface area contributed by atoms with Crippen LogP contribution in [0.1, 0.15) is 9.75 Å². The lowest BCUT2D eigenvalue weighted by molar-refractivity contribution is 0.285. The van der Waals surface area contributed by atoms with Crippen LogP contribution in [0.15, 0.2) is 29.2 Å². The SMILES string of the molecule is COc1ccc(Cl)c(NS(=O)(=O)c2cc(CO)sc2C)c1. The van der Waals surface area contributed by atoms with E-state index in [1.807, 2.05) is 0 Å². The molecule has 2 rings (SSSR count). The number of aliphatic hydroxyl groups is 1. The quantitative estimate of drug-likeness (QED) is 0.871. The molecule has 8 heteroatoms. The number of thiophene rings is 1. The monoisotopic (exact) mass is 347 g/mol. The Kier molecular flexibility index (Phi) is 4.77. The van der Waals surface area contributed by atoms with Gasteiger partial charge in [0.05, 0.1) is 24.4 Å². The van der Waals surface area contributed by atoms with Crippen LogP contribution in [0.5, 0.6) is 5.75 Å². The topological polar surface area (TPSA) is 75.6 Å². The van der Waals surface area contributed by atoms with Crippen molar-refractivity contribution in [1.82, 2.24) is 0 Å². The lowest BCUT2D eigenvalue weighted by Gasteiger charge is -2.10. The van der Waals surface area contributed by atoms with Crippen LogP contribution in [-0.4, -0.2) is 20.6 Å². The van der Waals surface area contributed by atoms with E-state index < -0.39 is 10.0 Å². The molecule has 0 amide bonds. The number of halogens is 1. The van der Waals surface area contributed by atoms with Crippen molar-refractivity contribution in [2.75, 3.05) is 11.8 Å². The van der Waals surface area contributed by atoms with Crippen molar-refractivity contribution in [3.05, 3.63) is 39.0 Å². The number of aryl methyl sites for hydroxylation is 1. The molecule has 1 heterocycles. The molecule has 2 N–H and O–H groups in total. The van der Waals surface area contributed by atoms with Gasteiger partial charge in [-0.05, 0) is 25.1 Å². The van der Waals surface area contributed by atoms with E-state index in [1.165, 1.54) is 30.6 Å². The maximum absolute atomic E-state index is 12.4. The minimum Gasteiger partial charge on any atom is -0.497 e. The normalized spacial score (nSPS) is 11.4. The van der Waals surface area contributed by atoms with Crippen molar-refractivity contribution in [3.8, 4) is 5.75 Å². The molecule has 2 aromatic rings. The van der Waals surface area contributed by atoms with E-state index in [-0.39, 0.29) is 22.2 Å². The number of anilines is 1. The summed E-state index contributed by atoms with van der Waals surface area (Å²) >= 11 is 7.24. The van der Waals surface area contributed by atoms with Crippen molar-refractivity contribution in [3.63, 3.8) is 0 Å². The van der Waals surface area contributed by atoms with E-state index >= 15 is 0 Å². The highest BCUT2D eigenvalue weighted by atomic mass is 35.5. The Labute approximate surface area is 132 Å². The summed E-state index contributed by atoms with van der Waals surface area (Å²) in [7, 11) is -2.29. The average molecular weight is 348 g/mol. The second-order valence-corrected chi connectivity index (χ2v) is 7.64. The minimum absolute atomic E-state index is 0.135. The van der Waals surface area contributed by atoms with Crippen LogP contribution >= 0.6 is 22.9 Å². The molecule has 1 aromatic carbocycles. The summed E-state index contributed by atoms with van der Waals surface area (Å²) in [6.07, 6.45) is 0. The number of hydrogen-bond acceptors (Lipinski definition) is 5. The molecule has 114 valence electrons. The smallest absolute Gasteiger partial charge is 0.263 e. The fourth-order valence-corrected chi connectivity index (χ4v) is 4.57. The van der Waals surface area contributed by atoms with Crippen molar-refractivity contribution in [2.45, 2.75) is 18.4 Å². The molecule has 0 atom stereocenters. The highest BCUT2D eigenvalue weighted by Gasteiger charge is 2.21. The zero-order valence-corrected chi connectivity index (χ0v) is 13.8. The first-order chi connectivity index (χ1) is 9.87. The number of methoxy groups -OCH3 is 1. The van der Waals surface area contributed by atoms with E-state index in [0.717, 1.165) is 0 Å². The van der Waals surface area contributed by atoms with Gasteiger partial charge in [-0.15, -0.1) is 11.3 Å². The molecule has 0 bridgehead atoms. The van der Waals surface area contributed by atoms with Gasteiger partial charge in [0.15, 0.2) is 0 Å². The third-order valence-electron chi connectivity index (χ3n) is 2.79. The van der Waals surface area contributed by atoms with Gasteiger partial charge < -0.3 is 9.84 Å². The molecule has 0 radical (unpaired) electrons. The molecular weight excluding hydrogens is 334 g/mol. The van der Waals surface area contributed by atoms with E-state index in [1.54, 1.807) is 19.1 Å². The zero-order valence-electron chi connectivity index (χ0n) is 11.4. The van der Waals surface area contributed by atoms with Gasteiger partial charge in [-0.25, -0.2) is 8.42 Å². The Morgan fingerprint density at radius 3 is 2.67 bits per heavy atom. The lowest BCUT2D eigenvalue weighted by Crippen LogP contribution is -2.13. The molecule has 0 aliphatic heterocycles. The minimum atomic E-state index is -3.77. The van der Waals surface area contributed by atoms with Crippen LogP contribution in [0, 0.1) is 6.92 Å². The molecule has 0 saturated heterocycles. The second-order valence-electron chi connectivity index (χ2n) is 4.24. The summed E-state index contributed by atoms with van der Waals surface area (Å²) < 4.78 is 32.3. The first-order valence-electron chi connectivity index (χ1n) is 5.94. The highest BCUT2D eigenvalue weighted by Crippen LogP contribution is 2.31. The fourth-order valence-electron chi connectivity index (χ4n) is 1.78. The van der Waals surface area contributed by atoms with E-state index in [4.69, 9.17) is 21.4 Å². The Balaban J connectivity index is 2.39. The van der Waals surface area contributed by atoms with Crippen molar-refractivity contribution in [1.29, 1.82) is 0 Å². The number of rotatable bonds is 5. The summed E-state index contributed by atoms with van der Waals surface area (Å²) in [6, 6.07) is 6.16. The van der Waals surface area contributed by atoms with E-state index in [2.05, 4.69) is 4.72 Å². The van der Waals surface area contributed by atoms with Crippen LogP contribution in [0.3, 0.4) is 0 Å². The van der Waals surface area contributed by atoms with Gasteiger partial charge in [0.2, 0.25) is 0 Å². The second kappa shape index (κ2) is 6.23. The largest absolute Gasteiger partial charge is 0.497 e. The summed E-state index contributed by atoms with van der Waals surface area (Å²) in [5, 5.41) is 9.37. The first-order valence-corrected chi connectivity index (χ1v) is 8.61. The van der Waals surface area contributed by atoms with Crippen molar-refractivity contribution >= 4 is 38.6 Å². The van der Waals surface area contributed by atoms with Crippen molar-refractivity contribution < 1.29 is 18.3 Å². The maximum atomic E-state index is 12.4. The molecule has 1 aromatic heterocycles. The number of hydrogen-bond donors (Lipinski definition) is 2. The number of sulfonamides is 1. The van der Waals surface area contributed by atoms with Gasteiger partial charge in [-0.2, -0.15) is 0 Å². The molecule has 0 aliphatic carbocycles. The van der Waals surface area contributed by atoms with Gasteiger partial charge in [0.1, 0.15) is 10.6 Å². The molecule has 21 heavy (non-hydrogen) atoms. The van der Waals surface area contributed by atoms with Crippen LogP contribution in [0.2, 0.25) is 5.02 Å². The Morgan fingerprint density at radius 1 is 1.38 bits per heavy atom. The predicted molar refractivity (Wildman–Crippen MR) is 83.8 cm³/mol. The molecule has 0 fully saturated rings. The molecule has 0 spiro atoms. The van der Waals surface area contributed by atoms with E-state index in [9.17, 15) is 8.42 Å². The molecule has 0 saturated carbocycles. The zero-order chi connectivity index (χ0) is 15.6. The van der Waals surface area contributed by atoms with Crippen LogP contribution in [0.25, 0.3) is 0 Å². The van der Waals surface area contributed by atoms with Crippen LogP contribution in [0.4, 0.5) is 5.69 Å². The Morgan fingerprint density at radius 2 is 2.10 bits per heavy atom. The molecule has 5 nitrogen and oxygen atoms in total. The third kappa shape index (κ3) is 3.49. The molecule has 0 aliphatic rings. The van der Waals surface area contributed by atoms with Crippen LogP contribution in [-0.2, 0) is 16.6 Å². The highest BCUT2D eigenvalue weighted by molar-refractivity contribution is 7.93. The number of benzene rings is 1. The molecule has 0 unspecified atom stereocenters. The van der Waals surface area contributed by atoms with Gasteiger partial charge in [0.25, 0.3) is 10.0 Å². The van der Waals surface area contributed by atoms with Gasteiger partial charge in [-0.1, -0.05) is 11.6 Å². The van der Waals surface area contributed by atoms with E-state index in [0.29, 0.717) is 15.5 Å². The van der Waals surface area contributed by atoms with Gasteiger partial charge in [-0.3, -0.25) is 4.72 Å². The van der Waals surface area contributed by atoms with Crippen LogP contribution < -0.4 is 9.46 Å². The number of ether oxygens (including phenoxy) is 1. The summed E-state index contributed by atoms with van der Waals surface area (Å²) in [5.74, 6) is 0.496.